The number of halogens is 2. The van der Waals surface area contributed by atoms with Gasteiger partial charge in [0.1, 0.15) is 11.6 Å². The van der Waals surface area contributed by atoms with Crippen LogP contribution in [0.3, 0.4) is 0 Å². The minimum absolute atomic E-state index is 0.0608. The van der Waals surface area contributed by atoms with E-state index in [-0.39, 0.29) is 33.4 Å². The van der Waals surface area contributed by atoms with E-state index in [4.69, 9.17) is 24.3 Å². The van der Waals surface area contributed by atoms with E-state index in [0.29, 0.717) is 10.6 Å². The van der Waals surface area contributed by atoms with Gasteiger partial charge in [-0.05, 0) is 47.0 Å². The minimum Gasteiger partial charge on any atom is -0.733 e. The molecule has 3 aromatic rings. The highest BCUT2D eigenvalue weighted by Crippen LogP contribution is 2.36. The Morgan fingerprint density at radius 1 is 1.19 bits per heavy atom. The number of hydrogen-bond acceptors (Lipinski definition) is 4. The molecular formula is C20H16ClFNO3-. The van der Waals surface area contributed by atoms with E-state index < -0.39 is 12.2 Å². The van der Waals surface area contributed by atoms with Gasteiger partial charge in [-0.15, -0.1) is 0 Å². The molecule has 0 bridgehead atoms. The number of ether oxygens (including phenoxy) is 1. The van der Waals surface area contributed by atoms with Gasteiger partial charge in [0.2, 0.25) is 0 Å². The first-order chi connectivity index (χ1) is 13.3. The summed E-state index contributed by atoms with van der Waals surface area (Å²) in [5, 5.41) is 19.9. The van der Waals surface area contributed by atoms with Gasteiger partial charge in [0.25, 0.3) is 0 Å². The average Bonchev–Trinajstić information content (AvgIpc) is 2.67. The lowest BCUT2D eigenvalue weighted by Gasteiger charge is -2.21. The Morgan fingerprint density at radius 2 is 1.92 bits per heavy atom. The fraction of sp³-hybridized carbons (Fsp3) is 0.100. The zero-order chi connectivity index (χ0) is 20.5. The molecule has 0 aliphatic rings. The summed E-state index contributed by atoms with van der Waals surface area (Å²) in [7, 11) is 1.40. The van der Waals surface area contributed by atoms with Gasteiger partial charge in [0.05, 0.1) is 18.4 Å². The molecule has 0 saturated heterocycles. The highest BCUT2D eigenvalue weighted by atomic mass is 35.5. The van der Waals surface area contributed by atoms with Crippen LogP contribution in [-0.2, 0) is 6.37 Å². The van der Waals surface area contributed by atoms with Crippen molar-refractivity contribution in [3.8, 4) is 16.9 Å². The second-order valence-electron chi connectivity index (χ2n) is 5.46. The maximum atomic E-state index is 15.5. The predicted molar refractivity (Wildman–Crippen MR) is 100 cm³/mol. The molecule has 0 aliphatic carbocycles. The van der Waals surface area contributed by atoms with Gasteiger partial charge in [0.15, 0.2) is 0 Å². The monoisotopic (exact) mass is 374 g/mol. The molecule has 134 valence electrons. The van der Waals surface area contributed by atoms with E-state index in [2.05, 4.69) is 0 Å². The Hall–Kier alpha value is -2.60. The molecule has 0 atom stereocenters. The van der Waals surface area contributed by atoms with Gasteiger partial charge >= 0.3 is 0 Å². The van der Waals surface area contributed by atoms with Crippen molar-refractivity contribution in [2.45, 2.75) is 6.37 Å². The number of hydrogen-bond donors (Lipinski definition) is 1. The van der Waals surface area contributed by atoms with E-state index in [0.717, 1.165) is 0 Å². The van der Waals surface area contributed by atoms with E-state index >= 15 is 4.39 Å². The first-order valence-electron chi connectivity index (χ1n) is 8.65. The van der Waals surface area contributed by atoms with Crippen molar-refractivity contribution in [1.82, 2.24) is 0 Å². The minimum atomic E-state index is -2.20. The van der Waals surface area contributed by atoms with Crippen molar-refractivity contribution < 1.29 is 17.1 Å². The molecule has 0 amide bonds. The van der Waals surface area contributed by atoms with Crippen LogP contribution in [-0.4, -0.2) is 12.3 Å². The second kappa shape index (κ2) is 7.74. The lowest BCUT2D eigenvalue weighted by Crippen LogP contribution is -2.06. The molecule has 26 heavy (non-hydrogen) atoms. The van der Waals surface area contributed by atoms with Gasteiger partial charge in [0, 0.05) is 14.1 Å². The smallest absolute Gasteiger partial charge is 0.138 e. The second-order valence-corrected chi connectivity index (χ2v) is 5.90. The Labute approximate surface area is 158 Å². The SMILES string of the molecule is [2H]C([2H])(c1ccc(N([O-])O)cc1)c1ccc(OC)c(-c2cccc(Cl)c2)c1F. The summed E-state index contributed by atoms with van der Waals surface area (Å²) in [6, 6.07) is 14.5. The van der Waals surface area contributed by atoms with Gasteiger partial charge in [-0.3, -0.25) is 5.21 Å². The summed E-state index contributed by atoms with van der Waals surface area (Å²) < 4.78 is 37.7. The number of rotatable bonds is 5. The van der Waals surface area contributed by atoms with Crippen molar-refractivity contribution in [2.24, 2.45) is 0 Å². The molecule has 6 heteroatoms. The van der Waals surface area contributed by atoms with Crippen LogP contribution < -0.4 is 9.96 Å². The summed E-state index contributed by atoms with van der Waals surface area (Å²) >= 11 is 6.02. The molecule has 0 aromatic heterocycles. The highest BCUT2D eigenvalue weighted by Gasteiger charge is 2.16. The van der Waals surface area contributed by atoms with Crippen LogP contribution in [0.15, 0.2) is 60.7 Å². The van der Waals surface area contributed by atoms with Crippen LogP contribution in [0.1, 0.15) is 13.9 Å². The fourth-order valence-corrected chi connectivity index (χ4v) is 2.76. The van der Waals surface area contributed by atoms with Gasteiger partial charge in [-0.2, -0.15) is 0 Å². The lowest BCUT2D eigenvalue weighted by atomic mass is 9.97. The van der Waals surface area contributed by atoms with Gasteiger partial charge in [-0.25, -0.2) is 4.39 Å². The molecule has 3 aromatic carbocycles. The Kier molecular flexibility index (Phi) is 4.66. The first-order valence-corrected chi connectivity index (χ1v) is 8.03. The summed E-state index contributed by atoms with van der Waals surface area (Å²) in [4.78, 5) is 0. The molecule has 3 rings (SSSR count). The molecule has 0 fully saturated rings. The largest absolute Gasteiger partial charge is 0.733 e. The maximum absolute atomic E-state index is 15.5. The fourth-order valence-electron chi connectivity index (χ4n) is 2.57. The van der Waals surface area contributed by atoms with Gasteiger partial charge in [-0.1, -0.05) is 41.9 Å². The number of anilines is 1. The Bertz CT molecular complexity index is 997. The van der Waals surface area contributed by atoms with Crippen LogP contribution in [0.2, 0.25) is 5.02 Å². The van der Waals surface area contributed by atoms with Crippen molar-refractivity contribution >= 4 is 17.3 Å². The van der Waals surface area contributed by atoms with Gasteiger partial charge < -0.3 is 15.2 Å². The van der Waals surface area contributed by atoms with Crippen molar-refractivity contribution in [2.75, 3.05) is 12.3 Å². The number of benzene rings is 3. The topological polar surface area (TPSA) is 55.8 Å². The van der Waals surface area contributed by atoms with E-state index in [1.54, 1.807) is 24.3 Å². The number of nitrogens with zero attached hydrogens (tertiary/aromatic N) is 1. The average molecular weight is 375 g/mol. The van der Waals surface area contributed by atoms with E-state index in [1.807, 2.05) is 0 Å². The molecule has 4 nitrogen and oxygen atoms in total. The van der Waals surface area contributed by atoms with Crippen molar-refractivity contribution in [3.63, 3.8) is 0 Å². The lowest BCUT2D eigenvalue weighted by molar-refractivity contribution is 0.296. The third kappa shape index (κ3) is 3.80. The van der Waals surface area contributed by atoms with E-state index in [1.165, 1.54) is 43.5 Å². The third-order valence-corrected chi connectivity index (χ3v) is 4.04. The van der Waals surface area contributed by atoms with Crippen LogP contribution in [0.5, 0.6) is 5.75 Å². The third-order valence-electron chi connectivity index (χ3n) is 3.80. The molecule has 0 heterocycles. The van der Waals surface area contributed by atoms with Crippen molar-refractivity contribution in [1.29, 1.82) is 0 Å². The summed E-state index contributed by atoms with van der Waals surface area (Å²) in [5.41, 5.74) is 0.425. The summed E-state index contributed by atoms with van der Waals surface area (Å²) in [5.74, 6) is -0.528. The standard InChI is InChI=1S/C20H16ClFNO3/c1-26-18-10-7-15(11-13-5-8-17(9-6-13)23(24)25)20(22)19(18)14-3-2-4-16(21)12-14/h2-10,12,24H,11H2,1H3/q-1/i11D2. The Balaban J connectivity index is 2.15. The first kappa shape index (κ1) is 15.6. The number of methoxy groups -OCH3 is 1. The van der Waals surface area contributed by atoms with E-state index in [9.17, 15) is 5.21 Å². The Morgan fingerprint density at radius 3 is 2.54 bits per heavy atom. The van der Waals surface area contributed by atoms with Crippen LogP contribution in [0.25, 0.3) is 11.1 Å². The molecule has 1 N–H and O–H groups in total. The highest BCUT2D eigenvalue weighted by molar-refractivity contribution is 6.30. The molecule has 0 aliphatic heterocycles. The summed E-state index contributed by atoms with van der Waals surface area (Å²) in [6.07, 6.45) is -2.20. The molecule has 0 radical (unpaired) electrons. The molecular weight excluding hydrogens is 357 g/mol. The van der Waals surface area contributed by atoms with Crippen LogP contribution in [0.4, 0.5) is 10.1 Å². The quantitative estimate of drug-likeness (QED) is 0.604. The normalized spacial score (nSPS) is 12.3. The van der Waals surface area contributed by atoms with Crippen LogP contribution in [0, 0.1) is 11.0 Å². The molecule has 0 unspecified atom stereocenters. The zero-order valence-corrected chi connectivity index (χ0v) is 14.5. The predicted octanol–water partition coefficient (Wildman–Crippen LogP) is 5.44. The maximum Gasteiger partial charge on any atom is 0.138 e. The van der Waals surface area contributed by atoms with Crippen LogP contribution >= 0.6 is 11.6 Å². The summed E-state index contributed by atoms with van der Waals surface area (Å²) in [6.45, 7) is 0. The molecule has 0 saturated carbocycles. The zero-order valence-electron chi connectivity index (χ0n) is 15.7. The van der Waals surface area contributed by atoms with Crippen molar-refractivity contribution in [3.05, 3.63) is 87.8 Å². The molecule has 0 spiro atoms.